The van der Waals surface area contributed by atoms with Crippen molar-refractivity contribution in [1.29, 1.82) is 0 Å². The Labute approximate surface area is 98.9 Å². The molecular formula is C9H12BrNOS2. The Bertz CT molecular complexity index is 329. The van der Waals surface area contributed by atoms with Crippen LogP contribution in [0.2, 0.25) is 0 Å². The average Bonchev–Trinajstić information content (AvgIpc) is 2.56. The summed E-state index contributed by atoms with van der Waals surface area (Å²) in [7, 11) is -0.561. The van der Waals surface area contributed by atoms with Crippen LogP contribution in [0, 0.1) is 0 Å². The predicted octanol–water partition coefficient (Wildman–Crippen LogP) is 2.07. The minimum Gasteiger partial charge on any atom is -0.296 e. The monoisotopic (exact) mass is 293 g/mol. The van der Waals surface area contributed by atoms with E-state index in [1.807, 2.05) is 0 Å². The first kappa shape index (κ1) is 10.8. The van der Waals surface area contributed by atoms with Crippen molar-refractivity contribution in [2.75, 3.05) is 24.6 Å². The molecule has 0 saturated carbocycles. The van der Waals surface area contributed by atoms with Gasteiger partial charge in [-0.3, -0.25) is 9.11 Å². The molecule has 1 aromatic heterocycles. The van der Waals surface area contributed by atoms with Gasteiger partial charge >= 0.3 is 0 Å². The third-order valence-electron chi connectivity index (χ3n) is 2.28. The third-order valence-corrected chi connectivity index (χ3v) is 5.16. The minimum atomic E-state index is -0.561. The van der Waals surface area contributed by atoms with Gasteiger partial charge in [-0.15, -0.1) is 11.3 Å². The second-order valence-corrected chi connectivity index (χ2v) is 7.57. The Hall–Kier alpha value is 0.290. The molecule has 0 aliphatic carbocycles. The largest absolute Gasteiger partial charge is 0.296 e. The number of thiophene rings is 1. The fourth-order valence-electron chi connectivity index (χ4n) is 1.49. The molecule has 0 N–H and O–H groups in total. The zero-order valence-electron chi connectivity index (χ0n) is 7.74. The van der Waals surface area contributed by atoms with E-state index in [1.54, 1.807) is 11.3 Å². The van der Waals surface area contributed by atoms with Crippen molar-refractivity contribution in [3.8, 4) is 0 Å². The van der Waals surface area contributed by atoms with E-state index in [9.17, 15) is 4.21 Å². The van der Waals surface area contributed by atoms with Gasteiger partial charge in [0.05, 0.1) is 3.79 Å². The van der Waals surface area contributed by atoms with Crippen LogP contribution in [0.25, 0.3) is 0 Å². The van der Waals surface area contributed by atoms with Gasteiger partial charge in [-0.2, -0.15) is 0 Å². The summed E-state index contributed by atoms with van der Waals surface area (Å²) in [6.45, 7) is 2.96. The topological polar surface area (TPSA) is 20.3 Å². The first-order chi connectivity index (χ1) is 6.74. The molecule has 1 aliphatic rings. The summed E-state index contributed by atoms with van der Waals surface area (Å²) < 4.78 is 12.3. The molecule has 1 fully saturated rings. The highest BCUT2D eigenvalue weighted by Crippen LogP contribution is 2.23. The van der Waals surface area contributed by atoms with Crippen LogP contribution in [-0.2, 0) is 17.3 Å². The molecule has 0 radical (unpaired) electrons. The highest BCUT2D eigenvalue weighted by atomic mass is 79.9. The maximum Gasteiger partial charge on any atom is 0.0701 e. The maximum atomic E-state index is 11.1. The highest BCUT2D eigenvalue weighted by molar-refractivity contribution is 9.11. The molecular weight excluding hydrogens is 282 g/mol. The smallest absolute Gasteiger partial charge is 0.0701 e. The quantitative estimate of drug-likeness (QED) is 0.832. The number of hydrogen-bond acceptors (Lipinski definition) is 3. The van der Waals surface area contributed by atoms with Gasteiger partial charge in [-0.1, -0.05) is 0 Å². The van der Waals surface area contributed by atoms with Crippen LogP contribution in [0.3, 0.4) is 0 Å². The van der Waals surface area contributed by atoms with Crippen LogP contribution in [0.15, 0.2) is 15.9 Å². The normalized spacial score (nSPS) is 20.1. The van der Waals surface area contributed by atoms with Gasteiger partial charge < -0.3 is 0 Å². The summed E-state index contributed by atoms with van der Waals surface area (Å²) in [6.07, 6.45) is 0. The van der Waals surface area contributed by atoms with Crippen molar-refractivity contribution < 1.29 is 4.21 Å². The second-order valence-electron chi connectivity index (χ2n) is 3.33. The molecule has 0 spiro atoms. The van der Waals surface area contributed by atoms with Crippen LogP contribution in [-0.4, -0.2) is 33.7 Å². The van der Waals surface area contributed by atoms with E-state index in [-0.39, 0.29) is 0 Å². The van der Waals surface area contributed by atoms with Crippen molar-refractivity contribution in [1.82, 2.24) is 4.90 Å². The van der Waals surface area contributed by atoms with E-state index in [1.165, 1.54) is 8.66 Å². The standard InChI is InChI=1S/C9H12BrNOS2/c10-9-2-1-8(13-9)7-11-3-5-14(12)6-4-11/h1-2H,3-7H2. The molecule has 0 bridgehead atoms. The molecule has 2 rings (SSSR count). The molecule has 0 atom stereocenters. The average molecular weight is 294 g/mol. The van der Waals surface area contributed by atoms with Crippen molar-refractivity contribution >= 4 is 38.1 Å². The van der Waals surface area contributed by atoms with Crippen molar-refractivity contribution in [3.05, 3.63) is 20.8 Å². The van der Waals surface area contributed by atoms with Crippen LogP contribution >= 0.6 is 27.3 Å². The lowest BCUT2D eigenvalue weighted by atomic mass is 10.4. The van der Waals surface area contributed by atoms with Gasteiger partial charge in [-0.05, 0) is 28.1 Å². The Kier molecular flexibility index (Phi) is 3.76. The van der Waals surface area contributed by atoms with Crippen LogP contribution < -0.4 is 0 Å². The van der Waals surface area contributed by atoms with Gasteiger partial charge in [0.25, 0.3) is 0 Å². The predicted molar refractivity (Wildman–Crippen MR) is 65.2 cm³/mol. The molecule has 1 saturated heterocycles. The highest BCUT2D eigenvalue weighted by Gasteiger charge is 2.15. The van der Waals surface area contributed by atoms with Gasteiger partial charge in [-0.25, -0.2) is 0 Å². The SMILES string of the molecule is O=S1CCN(Cc2ccc(Br)s2)CC1. The molecule has 0 unspecified atom stereocenters. The van der Waals surface area contributed by atoms with Gasteiger partial charge in [0.15, 0.2) is 0 Å². The molecule has 2 heterocycles. The first-order valence-electron chi connectivity index (χ1n) is 4.55. The lowest BCUT2D eigenvalue weighted by Gasteiger charge is -2.25. The molecule has 0 amide bonds. The van der Waals surface area contributed by atoms with Crippen LogP contribution in [0.5, 0.6) is 0 Å². The zero-order valence-corrected chi connectivity index (χ0v) is 11.0. The molecule has 2 nitrogen and oxygen atoms in total. The van der Waals surface area contributed by atoms with E-state index >= 15 is 0 Å². The van der Waals surface area contributed by atoms with Crippen molar-refractivity contribution in [2.24, 2.45) is 0 Å². The fraction of sp³-hybridized carbons (Fsp3) is 0.556. The van der Waals surface area contributed by atoms with E-state index in [2.05, 4.69) is 33.0 Å². The minimum absolute atomic E-state index is 0.561. The summed E-state index contributed by atoms with van der Waals surface area (Å²) in [5.74, 6) is 1.68. The summed E-state index contributed by atoms with van der Waals surface area (Å²) in [5, 5.41) is 0. The summed E-state index contributed by atoms with van der Waals surface area (Å²) >= 11 is 5.24. The molecule has 1 aromatic rings. The van der Waals surface area contributed by atoms with E-state index in [0.29, 0.717) is 0 Å². The number of hydrogen-bond donors (Lipinski definition) is 0. The fourth-order valence-corrected chi connectivity index (χ4v) is 4.14. The number of rotatable bonds is 2. The lowest BCUT2D eigenvalue weighted by Crippen LogP contribution is -2.36. The Morgan fingerprint density at radius 1 is 1.43 bits per heavy atom. The van der Waals surface area contributed by atoms with E-state index in [4.69, 9.17) is 0 Å². The van der Waals surface area contributed by atoms with E-state index in [0.717, 1.165) is 31.1 Å². The maximum absolute atomic E-state index is 11.1. The Balaban J connectivity index is 1.89. The Morgan fingerprint density at radius 3 is 2.71 bits per heavy atom. The van der Waals surface area contributed by atoms with Crippen molar-refractivity contribution in [2.45, 2.75) is 6.54 Å². The first-order valence-corrected chi connectivity index (χ1v) is 7.65. The molecule has 14 heavy (non-hydrogen) atoms. The molecule has 1 aliphatic heterocycles. The number of halogens is 1. The number of nitrogens with zero attached hydrogens (tertiary/aromatic N) is 1. The zero-order chi connectivity index (χ0) is 9.97. The summed E-state index contributed by atoms with van der Waals surface area (Å²) in [5.41, 5.74) is 0. The van der Waals surface area contributed by atoms with Gasteiger partial charge in [0, 0.05) is 46.8 Å². The van der Waals surface area contributed by atoms with Crippen LogP contribution in [0.1, 0.15) is 4.88 Å². The van der Waals surface area contributed by atoms with Gasteiger partial charge in [0.2, 0.25) is 0 Å². The van der Waals surface area contributed by atoms with Crippen LogP contribution in [0.4, 0.5) is 0 Å². The van der Waals surface area contributed by atoms with E-state index < -0.39 is 10.8 Å². The third kappa shape index (κ3) is 2.89. The van der Waals surface area contributed by atoms with Gasteiger partial charge in [0.1, 0.15) is 0 Å². The second kappa shape index (κ2) is 4.88. The van der Waals surface area contributed by atoms with Crippen molar-refractivity contribution in [3.63, 3.8) is 0 Å². The lowest BCUT2D eigenvalue weighted by molar-refractivity contribution is 0.294. The molecule has 0 aromatic carbocycles. The summed E-state index contributed by atoms with van der Waals surface area (Å²) in [6, 6.07) is 4.24. The molecule has 78 valence electrons. The Morgan fingerprint density at radius 2 is 2.14 bits per heavy atom. The molecule has 5 heteroatoms. The summed E-state index contributed by atoms with van der Waals surface area (Å²) in [4.78, 5) is 3.75.